The van der Waals surface area contributed by atoms with Gasteiger partial charge in [0.15, 0.2) is 0 Å². The molecule has 1 aromatic carbocycles. The molecule has 0 radical (unpaired) electrons. The number of nitro groups is 1. The molecular formula is C14H16N4O4. The monoisotopic (exact) mass is 304 g/mol. The fourth-order valence-electron chi connectivity index (χ4n) is 2.87. The number of piperidine rings is 1. The number of non-ortho nitro benzene ring substituents is 1. The largest absolute Gasteiger partial charge is 0.316 e. The zero-order valence-corrected chi connectivity index (χ0v) is 11.9. The molecule has 0 saturated carbocycles. The molecule has 0 unspecified atom stereocenters. The number of aromatic nitrogens is 2. The first-order valence-corrected chi connectivity index (χ1v) is 7.20. The number of nitro benzene ring substituents is 1. The second kappa shape index (κ2) is 5.72. The van der Waals surface area contributed by atoms with Gasteiger partial charge in [0.1, 0.15) is 0 Å². The highest BCUT2D eigenvalue weighted by molar-refractivity contribution is 5.80. The van der Waals surface area contributed by atoms with Crippen molar-refractivity contribution in [3.63, 3.8) is 0 Å². The number of benzene rings is 1. The van der Waals surface area contributed by atoms with Gasteiger partial charge in [0.05, 0.1) is 16.0 Å². The van der Waals surface area contributed by atoms with E-state index in [4.69, 9.17) is 0 Å². The van der Waals surface area contributed by atoms with Gasteiger partial charge in [0.25, 0.3) is 5.69 Å². The Labute approximate surface area is 124 Å². The van der Waals surface area contributed by atoms with Gasteiger partial charge in [-0.3, -0.25) is 24.6 Å². The number of hydrogen-bond donors (Lipinski definition) is 2. The fourth-order valence-corrected chi connectivity index (χ4v) is 2.87. The highest BCUT2D eigenvalue weighted by Gasteiger charge is 2.17. The summed E-state index contributed by atoms with van der Waals surface area (Å²) >= 11 is 0. The van der Waals surface area contributed by atoms with Crippen molar-refractivity contribution in [3.05, 3.63) is 48.5 Å². The number of fused-ring (bicyclic) bond motifs is 1. The number of H-pyrrole nitrogens is 2. The Morgan fingerprint density at radius 1 is 1.09 bits per heavy atom. The molecule has 1 aromatic heterocycles. The highest BCUT2D eigenvalue weighted by Crippen LogP contribution is 2.23. The van der Waals surface area contributed by atoms with Crippen LogP contribution in [-0.4, -0.2) is 32.9 Å². The SMILES string of the molecule is O=c1[nH]c2cc([N+](=O)[O-])cc(CN3CCCCC3)c2[nH]c1=O. The lowest BCUT2D eigenvalue weighted by Gasteiger charge is -2.26. The second-order valence-electron chi connectivity index (χ2n) is 5.53. The number of rotatable bonds is 3. The molecule has 2 aromatic rings. The lowest BCUT2D eigenvalue weighted by atomic mass is 10.1. The van der Waals surface area contributed by atoms with Crippen molar-refractivity contribution in [2.24, 2.45) is 0 Å². The number of hydrogen-bond acceptors (Lipinski definition) is 5. The molecule has 0 atom stereocenters. The summed E-state index contributed by atoms with van der Waals surface area (Å²) in [6.07, 6.45) is 3.39. The number of likely N-dealkylation sites (tertiary alicyclic amines) is 1. The van der Waals surface area contributed by atoms with Crippen molar-refractivity contribution in [3.8, 4) is 0 Å². The molecule has 116 valence electrons. The van der Waals surface area contributed by atoms with E-state index < -0.39 is 16.0 Å². The molecule has 1 aliphatic rings. The average Bonchev–Trinajstić information content (AvgIpc) is 2.50. The Balaban J connectivity index is 2.12. The van der Waals surface area contributed by atoms with Gasteiger partial charge in [-0.05, 0) is 31.5 Å². The van der Waals surface area contributed by atoms with Gasteiger partial charge in [-0.1, -0.05) is 6.42 Å². The zero-order valence-electron chi connectivity index (χ0n) is 11.9. The van der Waals surface area contributed by atoms with Crippen molar-refractivity contribution in [2.75, 3.05) is 13.1 Å². The summed E-state index contributed by atoms with van der Waals surface area (Å²) in [6, 6.07) is 2.73. The molecule has 0 bridgehead atoms. The summed E-state index contributed by atoms with van der Waals surface area (Å²) < 4.78 is 0. The van der Waals surface area contributed by atoms with Gasteiger partial charge in [-0.2, -0.15) is 0 Å². The summed E-state index contributed by atoms with van der Waals surface area (Å²) in [5.41, 5.74) is -0.258. The van der Waals surface area contributed by atoms with Crippen molar-refractivity contribution < 1.29 is 4.92 Å². The first-order chi connectivity index (χ1) is 10.5. The van der Waals surface area contributed by atoms with Crippen LogP contribution in [0, 0.1) is 10.1 Å². The van der Waals surface area contributed by atoms with Gasteiger partial charge >= 0.3 is 11.1 Å². The molecule has 1 fully saturated rings. The van der Waals surface area contributed by atoms with Crippen molar-refractivity contribution in [1.29, 1.82) is 0 Å². The molecule has 2 N–H and O–H groups in total. The van der Waals surface area contributed by atoms with E-state index >= 15 is 0 Å². The Morgan fingerprint density at radius 3 is 2.45 bits per heavy atom. The molecular weight excluding hydrogens is 288 g/mol. The molecule has 3 rings (SSSR count). The molecule has 0 spiro atoms. The third kappa shape index (κ3) is 2.77. The van der Waals surface area contributed by atoms with E-state index in [1.54, 1.807) is 0 Å². The molecule has 0 amide bonds. The van der Waals surface area contributed by atoms with Crippen LogP contribution in [0.15, 0.2) is 21.7 Å². The quantitative estimate of drug-likeness (QED) is 0.501. The Morgan fingerprint density at radius 2 is 1.77 bits per heavy atom. The van der Waals surface area contributed by atoms with Crippen LogP contribution in [0.1, 0.15) is 24.8 Å². The second-order valence-corrected chi connectivity index (χ2v) is 5.53. The lowest BCUT2D eigenvalue weighted by Crippen LogP contribution is -2.31. The minimum absolute atomic E-state index is 0.0952. The summed E-state index contributed by atoms with van der Waals surface area (Å²) in [5, 5.41) is 11.1. The van der Waals surface area contributed by atoms with E-state index in [0.717, 1.165) is 25.9 Å². The van der Waals surface area contributed by atoms with Gasteiger partial charge in [0.2, 0.25) is 0 Å². The average molecular weight is 304 g/mol. The van der Waals surface area contributed by atoms with E-state index in [0.29, 0.717) is 17.6 Å². The third-order valence-corrected chi connectivity index (χ3v) is 3.95. The first kappa shape index (κ1) is 14.5. The van der Waals surface area contributed by atoms with Crippen molar-refractivity contribution in [1.82, 2.24) is 14.9 Å². The summed E-state index contributed by atoms with van der Waals surface area (Å²) in [5.74, 6) is 0. The first-order valence-electron chi connectivity index (χ1n) is 7.20. The molecule has 1 aliphatic heterocycles. The van der Waals surface area contributed by atoms with Crippen LogP contribution in [-0.2, 0) is 6.54 Å². The van der Waals surface area contributed by atoms with Crippen LogP contribution >= 0.6 is 0 Å². The van der Waals surface area contributed by atoms with Crippen LogP contribution < -0.4 is 11.1 Å². The van der Waals surface area contributed by atoms with E-state index in [1.165, 1.54) is 18.6 Å². The third-order valence-electron chi connectivity index (χ3n) is 3.95. The van der Waals surface area contributed by atoms with E-state index in [2.05, 4.69) is 14.9 Å². The molecule has 0 aliphatic carbocycles. The standard InChI is InChI=1S/C14H16N4O4/c19-13-14(20)16-12-9(8-17-4-2-1-3-5-17)6-10(18(21)22)7-11(12)15-13/h6-7H,1-5,8H2,(H,15,19)(H,16,20). The van der Waals surface area contributed by atoms with E-state index in [9.17, 15) is 19.7 Å². The number of nitrogens with zero attached hydrogens (tertiary/aromatic N) is 2. The lowest BCUT2D eigenvalue weighted by molar-refractivity contribution is -0.384. The molecule has 8 nitrogen and oxygen atoms in total. The fraction of sp³-hybridized carbons (Fsp3) is 0.429. The molecule has 8 heteroatoms. The van der Waals surface area contributed by atoms with Crippen molar-refractivity contribution in [2.45, 2.75) is 25.8 Å². The smallest absolute Gasteiger partial charge is 0.314 e. The van der Waals surface area contributed by atoms with Gasteiger partial charge < -0.3 is 9.97 Å². The minimum atomic E-state index is -0.808. The van der Waals surface area contributed by atoms with Gasteiger partial charge in [-0.15, -0.1) is 0 Å². The van der Waals surface area contributed by atoms with E-state index in [-0.39, 0.29) is 11.2 Å². The van der Waals surface area contributed by atoms with Crippen LogP contribution in [0.3, 0.4) is 0 Å². The zero-order chi connectivity index (χ0) is 15.7. The maximum Gasteiger partial charge on any atom is 0.314 e. The minimum Gasteiger partial charge on any atom is -0.316 e. The van der Waals surface area contributed by atoms with Crippen molar-refractivity contribution >= 4 is 16.7 Å². The van der Waals surface area contributed by atoms with Crippen LogP contribution in [0.25, 0.3) is 11.0 Å². The maximum atomic E-state index is 11.5. The Bertz CT molecular complexity index is 833. The van der Waals surface area contributed by atoms with Crippen LogP contribution in [0.5, 0.6) is 0 Å². The maximum absolute atomic E-state index is 11.5. The predicted octanol–water partition coefficient (Wildman–Crippen LogP) is 1.11. The molecule has 22 heavy (non-hydrogen) atoms. The van der Waals surface area contributed by atoms with Gasteiger partial charge in [-0.25, -0.2) is 0 Å². The predicted molar refractivity (Wildman–Crippen MR) is 81.0 cm³/mol. The van der Waals surface area contributed by atoms with Gasteiger partial charge in [0, 0.05) is 18.7 Å². The van der Waals surface area contributed by atoms with E-state index in [1.807, 2.05) is 0 Å². The number of aromatic amines is 2. The van der Waals surface area contributed by atoms with Crippen LogP contribution in [0.2, 0.25) is 0 Å². The molecule has 1 saturated heterocycles. The highest BCUT2D eigenvalue weighted by atomic mass is 16.6. The summed E-state index contributed by atoms with van der Waals surface area (Å²) in [6.45, 7) is 2.37. The topological polar surface area (TPSA) is 112 Å². The normalized spacial score (nSPS) is 16.0. The molecule has 2 heterocycles. The Kier molecular flexibility index (Phi) is 3.76. The number of nitrogens with one attached hydrogen (secondary N) is 2. The van der Waals surface area contributed by atoms with Crippen LogP contribution in [0.4, 0.5) is 5.69 Å². The summed E-state index contributed by atoms with van der Waals surface area (Å²) in [4.78, 5) is 40.7. The Hall–Kier alpha value is -2.48. The summed E-state index contributed by atoms with van der Waals surface area (Å²) in [7, 11) is 0.